The molecule has 2 aromatic carbocycles. The van der Waals surface area contributed by atoms with Gasteiger partial charge in [-0.25, -0.2) is 4.79 Å². The predicted molar refractivity (Wildman–Crippen MR) is 112 cm³/mol. The van der Waals surface area contributed by atoms with E-state index in [1.54, 1.807) is 6.20 Å². The molecule has 144 valence electrons. The molecule has 2 heterocycles. The van der Waals surface area contributed by atoms with Gasteiger partial charge in [0.05, 0.1) is 12.1 Å². The van der Waals surface area contributed by atoms with Crippen molar-refractivity contribution in [3.8, 4) is 5.75 Å². The van der Waals surface area contributed by atoms with Gasteiger partial charge in [-0.1, -0.05) is 6.07 Å². The van der Waals surface area contributed by atoms with Crippen LogP contribution in [0, 0.1) is 0 Å². The number of anilines is 2. The van der Waals surface area contributed by atoms with Crippen LogP contribution in [-0.2, 0) is 0 Å². The van der Waals surface area contributed by atoms with Crippen LogP contribution in [-0.4, -0.2) is 37.3 Å². The second-order valence-electron chi connectivity index (χ2n) is 6.83. The van der Waals surface area contributed by atoms with Gasteiger partial charge in [0.25, 0.3) is 0 Å². The van der Waals surface area contributed by atoms with Crippen molar-refractivity contribution in [3.63, 3.8) is 0 Å². The first-order chi connectivity index (χ1) is 13.8. The third-order valence-electron chi connectivity index (χ3n) is 4.83. The molecule has 1 fully saturated rings. The van der Waals surface area contributed by atoms with Crippen molar-refractivity contribution in [2.75, 3.05) is 36.5 Å². The number of nitrogens with zero attached hydrogens (tertiary/aromatic N) is 2. The first-order valence-corrected chi connectivity index (χ1v) is 9.65. The van der Waals surface area contributed by atoms with Crippen LogP contribution in [0.4, 0.5) is 16.2 Å². The van der Waals surface area contributed by atoms with Gasteiger partial charge in [0, 0.05) is 36.0 Å². The Labute approximate surface area is 164 Å². The van der Waals surface area contributed by atoms with E-state index in [9.17, 15) is 4.79 Å². The molecule has 0 aliphatic carbocycles. The Hall–Kier alpha value is -3.28. The minimum atomic E-state index is -0.236. The van der Waals surface area contributed by atoms with E-state index in [0.29, 0.717) is 13.2 Å². The molecule has 0 bridgehead atoms. The zero-order chi connectivity index (χ0) is 19.2. The standard InChI is InChI=1S/C22H24N4O2/c27-22(25-18-5-7-19(8-6-18)26-13-1-2-14-26)24-12-15-28-20-9-10-21-17(16-20)4-3-11-23-21/h3-11,16H,1-2,12-15H2,(H2,24,25,27). The van der Waals surface area contributed by atoms with E-state index >= 15 is 0 Å². The van der Waals surface area contributed by atoms with Gasteiger partial charge in [0.15, 0.2) is 0 Å². The second kappa shape index (κ2) is 8.61. The molecule has 2 amide bonds. The van der Waals surface area contributed by atoms with Crippen molar-refractivity contribution in [2.45, 2.75) is 12.8 Å². The van der Waals surface area contributed by atoms with Crippen molar-refractivity contribution in [2.24, 2.45) is 0 Å². The molecule has 0 radical (unpaired) electrons. The van der Waals surface area contributed by atoms with Gasteiger partial charge >= 0.3 is 6.03 Å². The van der Waals surface area contributed by atoms with E-state index in [1.807, 2.05) is 42.5 Å². The molecule has 2 N–H and O–H groups in total. The van der Waals surface area contributed by atoms with Crippen molar-refractivity contribution >= 4 is 28.3 Å². The van der Waals surface area contributed by atoms with Gasteiger partial charge in [-0.2, -0.15) is 0 Å². The molecule has 3 aromatic rings. The van der Waals surface area contributed by atoms with E-state index in [2.05, 4.69) is 32.7 Å². The quantitative estimate of drug-likeness (QED) is 0.638. The summed E-state index contributed by atoms with van der Waals surface area (Å²) in [6.07, 6.45) is 4.27. The summed E-state index contributed by atoms with van der Waals surface area (Å²) in [5.74, 6) is 0.764. The molecule has 1 aromatic heterocycles. The summed E-state index contributed by atoms with van der Waals surface area (Å²) in [5, 5.41) is 6.69. The smallest absolute Gasteiger partial charge is 0.319 e. The van der Waals surface area contributed by atoms with Crippen molar-refractivity contribution in [3.05, 3.63) is 60.8 Å². The zero-order valence-corrected chi connectivity index (χ0v) is 15.7. The van der Waals surface area contributed by atoms with Crippen LogP contribution in [0.25, 0.3) is 10.9 Å². The number of benzene rings is 2. The van der Waals surface area contributed by atoms with Crippen molar-refractivity contribution < 1.29 is 9.53 Å². The van der Waals surface area contributed by atoms with Crippen LogP contribution < -0.4 is 20.3 Å². The highest BCUT2D eigenvalue weighted by Crippen LogP contribution is 2.22. The van der Waals surface area contributed by atoms with Crippen LogP contribution in [0.3, 0.4) is 0 Å². The fourth-order valence-electron chi connectivity index (χ4n) is 3.38. The summed E-state index contributed by atoms with van der Waals surface area (Å²) >= 11 is 0. The molecule has 0 atom stereocenters. The molecule has 6 heteroatoms. The monoisotopic (exact) mass is 376 g/mol. The molecule has 6 nitrogen and oxygen atoms in total. The van der Waals surface area contributed by atoms with Gasteiger partial charge in [0.1, 0.15) is 12.4 Å². The predicted octanol–water partition coefficient (Wildman–Crippen LogP) is 4.04. The maximum Gasteiger partial charge on any atom is 0.319 e. The number of aromatic nitrogens is 1. The third-order valence-corrected chi connectivity index (χ3v) is 4.83. The van der Waals surface area contributed by atoms with E-state index in [4.69, 9.17) is 4.74 Å². The minimum Gasteiger partial charge on any atom is -0.492 e. The van der Waals surface area contributed by atoms with Gasteiger partial charge < -0.3 is 20.3 Å². The summed E-state index contributed by atoms with van der Waals surface area (Å²) in [5.41, 5.74) is 2.92. The first kappa shape index (κ1) is 18.1. The highest BCUT2D eigenvalue weighted by atomic mass is 16.5. The molecule has 1 aliphatic rings. The lowest BCUT2D eigenvalue weighted by Crippen LogP contribution is -2.32. The van der Waals surface area contributed by atoms with Crippen molar-refractivity contribution in [1.82, 2.24) is 10.3 Å². The Morgan fingerprint density at radius 2 is 1.89 bits per heavy atom. The lowest BCUT2D eigenvalue weighted by atomic mass is 10.2. The summed E-state index contributed by atoms with van der Waals surface area (Å²) in [4.78, 5) is 18.7. The number of ether oxygens (including phenoxy) is 1. The summed E-state index contributed by atoms with van der Waals surface area (Å²) in [7, 11) is 0. The molecular formula is C22H24N4O2. The Bertz CT molecular complexity index is 937. The Kier molecular flexibility index (Phi) is 5.56. The molecule has 0 spiro atoms. The maximum absolute atomic E-state index is 12.0. The Morgan fingerprint density at radius 3 is 2.71 bits per heavy atom. The van der Waals surface area contributed by atoms with Crippen LogP contribution in [0.5, 0.6) is 5.75 Å². The number of rotatable bonds is 6. The van der Waals surface area contributed by atoms with Crippen LogP contribution in [0.15, 0.2) is 60.8 Å². The summed E-state index contributed by atoms with van der Waals surface area (Å²) in [6.45, 7) is 3.04. The number of carbonyl (C=O) groups excluding carboxylic acids is 1. The first-order valence-electron chi connectivity index (χ1n) is 9.65. The van der Waals surface area contributed by atoms with Crippen molar-refractivity contribution in [1.29, 1.82) is 0 Å². The molecular weight excluding hydrogens is 352 g/mol. The fourth-order valence-corrected chi connectivity index (χ4v) is 3.38. The zero-order valence-electron chi connectivity index (χ0n) is 15.7. The second-order valence-corrected chi connectivity index (χ2v) is 6.83. The molecule has 0 saturated carbocycles. The van der Waals surface area contributed by atoms with E-state index < -0.39 is 0 Å². The SMILES string of the molecule is O=C(NCCOc1ccc2ncccc2c1)Nc1ccc(N2CCCC2)cc1. The number of urea groups is 1. The van der Waals surface area contributed by atoms with Gasteiger partial charge in [-0.05, 0) is 61.4 Å². The molecule has 28 heavy (non-hydrogen) atoms. The lowest BCUT2D eigenvalue weighted by Gasteiger charge is -2.17. The number of carbonyl (C=O) groups is 1. The molecule has 1 saturated heterocycles. The number of fused-ring (bicyclic) bond motifs is 1. The Balaban J connectivity index is 1.21. The molecule has 0 unspecified atom stereocenters. The normalized spacial score (nSPS) is 13.5. The van der Waals surface area contributed by atoms with Crippen LogP contribution >= 0.6 is 0 Å². The van der Waals surface area contributed by atoms with Crippen LogP contribution in [0.2, 0.25) is 0 Å². The van der Waals surface area contributed by atoms with Gasteiger partial charge in [-0.15, -0.1) is 0 Å². The average Bonchev–Trinajstić information content (AvgIpc) is 3.26. The number of hydrogen-bond acceptors (Lipinski definition) is 4. The van der Waals surface area contributed by atoms with Gasteiger partial charge in [0.2, 0.25) is 0 Å². The van der Waals surface area contributed by atoms with Crippen LogP contribution in [0.1, 0.15) is 12.8 Å². The van der Waals surface area contributed by atoms with Gasteiger partial charge in [-0.3, -0.25) is 4.98 Å². The largest absolute Gasteiger partial charge is 0.492 e. The highest BCUT2D eigenvalue weighted by Gasteiger charge is 2.12. The number of hydrogen-bond donors (Lipinski definition) is 2. The van der Waals surface area contributed by atoms with E-state index in [0.717, 1.165) is 35.4 Å². The number of pyridine rings is 1. The molecule has 4 rings (SSSR count). The number of nitrogens with one attached hydrogen (secondary N) is 2. The van der Waals surface area contributed by atoms with E-state index in [1.165, 1.54) is 18.5 Å². The summed E-state index contributed by atoms with van der Waals surface area (Å²) < 4.78 is 5.71. The van der Waals surface area contributed by atoms with E-state index in [-0.39, 0.29) is 6.03 Å². The highest BCUT2D eigenvalue weighted by molar-refractivity contribution is 5.89. The minimum absolute atomic E-state index is 0.236. The summed E-state index contributed by atoms with van der Waals surface area (Å²) in [6, 6.07) is 17.4. The average molecular weight is 376 g/mol. The number of amides is 2. The lowest BCUT2D eigenvalue weighted by molar-refractivity contribution is 0.247. The molecule has 1 aliphatic heterocycles. The maximum atomic E-state index is 12.0. The topological polar surface area (TPSA) is 66.5 Å². The third kappa shape index (κ3) is 4.52. The fraction of sp³-hybridized carbons (Fsp3) is 0.273. The Morgan fingerprint density at radius 1 is 1.07 bits per heavy atom.